The van der Waals surface area contributed by atoms with Gasteiger partial charge in [0, 0.05) is 24.7 Å². The van der Waals surface area contributed by atoms with Crippen molar-refractivity contribution in [1.29, 1.82) is 0 Å². The molecule has 0 aliphatic rings. The fourth-order valence-electron chi connectivity index (χ4n) is 1.33. The number of rotatable bonds is 6. The van der Waals surface area contributed by atoms with Gasteiger partial charge >= 0.3 is 5.97 Å². The first-order valence-corrected chi connectivity index (χ1v) is 6.06. The van der Waals surface area contributed by atoms with E-state index in [2.05, 4.69) is 0 Å². The number of ether oxygens (including phenoxy) is 2. The quantitative estimate of drug-likeness (QED) is 0.625. The maximum Gasteiger partial charge on any atom is 0.313 e. The second kappa shape index (κ2) is 6.05. The van der Waals surface area contributed by atoms with Crippen molar-refractivity contribution in [3.8, 4) is 0 Å². The molecule has 0 saturated carbocycles. The zero-order chi connectivity index (χ0) is 12.9. The third-order valence-corrected chi connectivity index (χ3v) is 3.48. The number of carboxylic acids is 1. The number of thioether (sulfide) groups is 1. The van der Waals surface area contributed by atoms with Crippen molar-refractivity contribution in [2.45, 2.75) is 17.6 Å². The molecule has 0 radical (unpaired) electrons. The van der Waals surface area contributed by atoms with E-state index in [0.717, 1.165) is 10.5 Å². The molecule has 0 spiro atoms. The Balaban J connectivity index is 2.88. The molecule has 0 aliphatic heterocycles. The van der Waals surface area contributed by atoms with Crippen LogP contribution >= 0.6 is 11.8 Å². The molecule has 1 N–H and O–H groups in total. The van der Waals surface area contributed by atoms with Gasteiger partial charge < -0.3 is 14.6 Å². The summed E-state index contributed by atoms with van der Waals surface area (Å²) < 4.78 is 10.6. The van der Waals surface area contributed by atoms with Gasteiger partial charge in [0.2, 0.25) is 0 Å². The zero-order valence-electron chi connectivity index (χ0n) is 10.1. The Kier molecular flexibility index (Phi) is 4.99. The second-order valence-electron chi connectivity index (χ2n) is 3.56. The molecule has 5 heteroatoms. The van der Waals surface area contributed by atoms with E-state index in [1.807, 2.05) is 31.2 Å². The van der Waals surface area contributed by atoms with E-state index >= 15 is 0 Å². The lowest BCUT2D eigenvalue weighted by atomic mass is 10.1. The van der Waals surface area contributed by atoms with Crippen LogP contribution in [0.25, 0.3) is 0 Å². The third kappa shape index (κ3) is 3.73. The summed E-state index contributed by atoms with van der Waals surface area (Å²) in [5.74, 6) is -1.60. The minimum absolute atomic E-state index is 0.0418. The number of carboxylic acid groups (broad SMARTS) is 1. The van der Waals surface area contributed by atoms with Gasteiger partial charge in [0.05, 0.1) is 5.75 Å². The lowest BCUT2D eigenvalue weighted by Crippen LogP contribution is -2.26. The predicted molar refractivity (Wildman–Crippen MR) is 66.2 cm³/mol. The van der Waals surface area contributed by atoms with Crippen LogP contribution in [0.15, 0.2) is 29.2 Å². The third-order valence-electron chi connectivity index (χ3n) is 2.50. The van der Waals surface area contributed by atoms with Crippen molar-refractivity contribution >= 4 is 17.7 Å². The van der Waals surface area contributed by atoms with E-state index in [1.165, 1.54) is 11.8 Å². The molecule has 17 heavy (non-hydrogen) atoms. The van der Waals surface area contributed by atoms with Crippen molar-refractivity contribution in [1.82, 2.24) is 0 Å². The van der Waals surface area contributed by atoms with Gasteiger partial charge in [0.1, 0.15) is 0 Å². The minimum Gasteiger partial charge on any atom is -0.481 e. The van der Waals surface area contributed by atoms with Gasteiger partial charge in [0.15, 0.2) is 5.79 Å². The van der Waals surface area contributed by atoms with Crippen LogP contribution < -0.4 is 0 Å². The van der Waals surface area contributed by atoms with E-state index < -0.39 is 11.8 Å². The summed E-state index contributed by atoms with van der Waals surface area (Å²) >= 11 is 1.27. The number of hydrogen-bond acceptors (Lipinski definition) is 4. The Morgan fingerprint density at radius 2 is 2.06 bits per heavy atom. The van der Waals surface area contributed by atoms with Gasteiger partial charge in [-0.1, -0.05) is 12.1 Å². The molecular formula is C12H16O4S. The minimum atomic E-state index is -0.832. The average Bonchev–Trinajstić information content (AvgIpc) is 2.35. The number of aliphatic carboxylic acids is 1. The molecule has 0 fully saturated rings. The van der Waals surface area contributed by atoms with Crippen LogP contribution in [0.3, 0.4) is 0 Å². The molecule has 4 nitrogen and oxygen atoms in total. The number of carbonyl (C=O) groups is 1. The highest BCUT2D eigenvalue weighted by Crippen LogP contribution is 2.28. The van der Waals surface area contributed by atoms with E-state index in [1.54, 1.807) is 14.2 Å². The Bertz CT molecular complexity index is 388. The van der Waals surface area contributed by atoms with Crippen molar-refractivity contribution in [2.75, 3.05) is 20.0 Å². The predicted octanol–water partition coefficient (Wildman–Crippen LogP) is 2.33. The molecular weight excluding hydrogens is 240 g/mol. The van der Waals surface area contributed by atoms with E-state index in [4.69, 9.17) is 14.6 Å². The summed E-state index contributed by atoms with van der Waals surface area (Å²) in [6.07, 6.45) is 0. The molecule has 0 bridgehead atoms. The highest BCUT2D eigenvalue weighted by molar-refractivity contribution is 8.00. The normalized spacial score (nSPS) is 11.5. The summed E-state index contributed by atoms with van der Waals surface area (Å²) in [7, 11) is 3.14. The van der Waals surface area contributed by atoms with E-state index in [0.29, 0.717) is 0 Å². The number of hydrogen-bond donors (Lipinski definition) is 1. The molecule has 0 unspecified atom stereocenters. The molecule has 1 aromatic rings. The van der Waals surface area contributed by atoms with Crippen molar-refractivity contribution in [2.24, 2.45) is 0 Å². The Hall–Kier alpha value is -1.04. The van der Waals surface area contributed by atoms with Crippen LogP contribution in [0.4, 0.5) is 0 Å². The van der Waals surface area contributed by atoms with Gasteiger partial charge in [0.25, 0.3) is 0 Å². The summed E-state index contributed by atoms with van der Waals surface area (Å²) in [4.78, 5) is 11.4. The largest absolute Gasteiger partial charge is 0.481 e. The molecule has 0 amide bonds. The van der Waals surface area contributed by atoms with Crippen molar-refractivity contribution in [3.63, 3.8) is 0 Å². The maximum atomic E-state index is 10.5. The van der Waals surface area contributed by atoms with Gasteiger partial charge in [-0.3, -0.25) is 4.79 Å². The number of methoxy groups -OCH3 is 2. The van der Waals surface area contributed by atoms with Crippen LogP contribution in [-0.4, -0.2) is 31.0 Å². The van der Waals surface area contributed by atoms with Crippen LogP contribution in [-0.2, 0) is 20.1 Å². The Labute approximate surface area is 105 Å². The molecule has 0 atom stereocenters. The molecule has 0 saturated heterocycles. The highest BCUT2D eigenvalue weighted by Gasteiger charge is 2.25. The molecule has 1 aromatic carbocycles. The van der Waals surface area contributed by atoms with Crippen LogP contribution in [0.1, 0.15) is 12.5 Å². The average molecular weight is 256 g/mol. The van der Waals surface area contributed by atoms with E-state index in [9.17, 15) is 4.79 Å². The van der Waals surface area contributed by atoms with Gasteiger partial charge in [-0.25, -0.2) is 0 Å². The van der Waals surface area contributed by atoms with Gasteiger partial charge in [-0.05, 0) is 19.1 Å². The topological polar surface area (TPSA) is 55.8 Å². The standard InChI is InChI=1S/C12H16O4S/c1-12(15-2,16-3)9-5-4-6-10(7-9)17-8-11(13)14/h4-7H,8H2,1-3H3,(H,13,14). The van der Waals surface area contributed by atoms with Crippen LogP contribution in [0, 0.1) is 0 Å². The summed E-state index contributed by atoms with van der Waals surface area (Å²) in [5, 5.41) is 8.63. The summed E-state index contributed by atoms with van der Waals surface area (Å²) in [5.41, 5.74) is 0.859. The lowest BCUT2D eigenvalue weighted by Gasteiger charge is -2.27. The molecule has 94 valence electrons. The molecule has 0 aromatic heterocycles. The molecule has 0 heterocycles. The van der Waals surface area contributed by atoms with Crippen LogP contribution in [0.2, 0.25) is 0 Å². The van der Waals surface area contributed by atoms with Gasteiger partial charge in [-0.15, -0.1) is 11.8 Å². The first kappa shape index (κ1) is 14.0. The fraction of sp³-hybridized carbons (Fsp3) is 0.417. The lowest BCUT2D eigenvalue weighted by molar-refractivity contribution is -0.201. The molecule has 1 rings (SSSR count). The zero-order valence-corrected chi connectivity index (χ0v) is 10.9. The Morgan fingerprint density at radius 1 is 1.41 bits per heavy atom. The monoisotopic (exact) mass is 256 g/mol. The van der Waals surface area contributed by atoms with E-state index in [-0.39, 0.29) is 5.75 Å². The van der Waals surface area contributed by atoms with Crippen molar-refractivity contribution < 1.29 is 19.4 Å². The maximum absolute atomic E-state index is 10.5. The fourth-order valence-corrected chi connectivity index (χ4v) is 2.01. The van der Waals surface area contributed by atoms with Crippen molar-refractivity contribution in [3.05, 3.63) is 29.8 Å². The smallest absolute Gasteiger partial charge is 0.313 e. The molecule has 0 aliphatic carbocycles. The summed E-state index contributed by atoms with van der Waals surface area (Å²) in [6.45, 7) is 1.81. The second-order valence-corrected chi connectivity index (χ2v) is 4.61. The first-order chi connectivity index (χ1) is 8.01. The highest BCUT2D eigenvalue weighted by atomic mass is 32.2. The number of benzene rings is 1. The van der Waals surface area contributed by atoms with Gasteiger partial charge in [-0.2, -0.15) is 0 Å². The SMILES string of the molecule is COC(C)(OC)c1cccc(SCC(=O)O)c1. The first-order valence-electron chi connectivity index (χ1n) is 5.07. The Morgan fingerprint density at radius 3 is 2.59 bits per heavy atom. The summed E-state index contributed by atoms with van der Waals surface area (Å²) in [6, 6.07) is 7.48. The van der Waals surface area contributed by atoms with Crippen LogP contribution in [0.5, 0.6) is 0 Å².